The Morgan fingerprint density at radius 3 is 2.64 bits per heavy atom. The molecule has 0 radical (unpaired) electrons. The Morgan fingerprint density at radius 2 is 1.89 bits per heavy atom. The van der Waals surface area contributed by atoms with Crippen LogP contribution in [0.5, 0.6) is 5.75 Å². The number of urea groups is 1. The highest BCUT2D eigenvalue weighted by Crippen LogP contribution is 2.40. The van der Waals surface area contributed by atoms with Crippen molar-refractivity contribution in [2.24, 2.45) is 5.92 Å². The summed E-state index contributed by atoms with van der Waals surface area (Å²) in [6.45, 7) is 3.21. The fourth-order valence-electron chi connectivity index (χ4n) is 5.57. The summed E-state index contributed by atoms with van der Waals surface area (Å²) in [5.74, 6) is -1.45. The van der Waals surface area contributed by atoms with E-state index in [1.54, 1.807) is 26.4 Å². The molecule has 2 aliphatic rings. The summed E-state index contributed by atoms with van der Waals surface area (Å²) in [7, 11) is 4.51. The molecule has 11 nitrogen and oxygen atoms in total. The maximum absolute atomic E-state index is 13.2. The summed E-state index contributed by atoms with van der Waals surface area (Å²) in [6.07, 6.45) is 1.88. The maximum Gasteiger partial charge on any atom is 0.326 e. The van der Waals surface area contributed by atoms with Crippen LogP contribution in [0.3, 0.4) is 0 Å². The molecule has 44 heavy (non-hydrogen) atoms. The Kier molecular flexibility index (Phi) is 9.50. The van der Waals surface area contributed by atoms with E-state index in [-0.39, 0.29) is 12.6 Å². The number of pyridine rings is 1. The van der Waals surface area contributed by atoms with Crippen molar-refractivity contribution in [1.82, 2.24) is 20.1 Å². The molecule has 232 valence electrons. The second-order valence-corrected chi connectivity index (χ2v) is 11.4. The number of imide groups is 1. The van der Waals surface area contributed by atoms with Gasteiger partial charge >= 0.3 is 6.03 Å². The molecule has 1 aromatic heterocycles. The number of methoxy groups -OCH3 is 1. The lowest BCUT2D eigenvalue weighted by Gasteiger charge is -2.33. The van der Waals surface area contributed by atoms with Crippen LogP contribution in [-0.4, -0.2) is 90.8 Å². The highest BCUT2D eigenvalue weighted by molar-refractivity contribution is 6.36. The Balaban J connectivity index is 1.38. The molecule has 2 aromatic carbocycles. The number of anilines is 1. The van der Waals surface area contributed by atoms with Gasteiger partial charge in [-0.25, -0.2) is 4.79 Å². The number of carbonyl (C=O) groups excluding carboxylic acids is 3. The highest BCUT2D eigenvalue weighted by Gasteiger charge is 2.39. The minimum Gasteiger partial charge on any atom is -0.495 e. The number of hydrogen-bond acceptors (Lipinski definition) is 8. The SMILES string of the molecule is COc1cc(-c2cccc(-c3cccc(NC(=O)C4CN(C)C(=O)N(C)C4=O)c3C)c2Cl)cnc1CN[C@@H]1CCOC[C@@H]1O. The van der Waals surface area contributed by atoms with Gasteiger partial charge in [0, 0.05) is 68.4 Å². The van der Waals surface area contributed by atoms with Gasteiger partial charge in [-0.05, 0) is 36.6 Å². The number of rotatable bonds is 8. The number of aliphatic hydroxyl groups excluding tert-OH is 1. The van der Waals surface area contributed by atoms with Gasteiger partial charge in [-0.3, -0.25) is 19.5 Å². The maximum atomic E-state index is 13.2. The lowest BCUT2D eigenvalue weighted by molar-refractivity contribution is -0.140. The zero-order chi connectivity index (χ0) is 31.5. The second kappa shape index (κ2) is 13.3. The minimum atomic E-state index is -1.01. The van der Waals surface area contributed by atoms with E-state index in [4.69, 9.17) is 21.1 Å². The topological polar surface area (TPSA) is 133 Å². The standard InChI is InChI=1S/C32H36ClN5O6/c1-18-20(7-6-10-24(18)36-30(40)23-16-37(2)32(42)38(3)31(23)41)22-9-5-8-21(29(22)33)19-13-28(43-4)26(34-14-19)15-35-25-11-12-44-17-27(25)39/h5-10,13-14,23,25,27,35,39H,11-12,15-17H2,1-4H3,(H,36,40)/t23?,25-,27+/m1/s1. The van der Waals surface area contributed by atoms with E-state index in [1.165, 1.54) is 11.9 Å². The average Bonchev–Trinajstić information content (AvgIpc) is 3.02. The molecule has 4 amide bonds. The van der Waals surface area contributed by atoms with Crippen LogP contribution in [0.1, 0.15) is 17.7 Å². The van der Waals surface area contributed by atoms with Crippen molar-refractivity contribution in [2.75, 3.05) is 46.3 Å². The Bertz CT molecular complexity index is 1580. The predicted octanol–water partition coefficient (Wildman–Crippen LogP) is 3.70. The van der Waals surface area contributed by atoms with Gasteiger partial charge in [-0.15, -0.1) is 0 Å². The molecule has 3 atom stereocenters. The zero-order valence-electron chi connectivity index (χ0n) is 25.1. The summed E-state index contributed by atoms with van der Waals surface area (Å²) < 4.78 is 11.0. The average molecular weight is 622 g/mol. The molecule has 0 aliphatic carbocycles. The monoisotopic (exact) mass is 621 g/mol. The third-order valence-corrected chi connectivity index (χ3v) is 8.62. The van der Waals surface area contributed by atoms with E-state index in [2.05, 4.69) is 15.6 Å². The number of benzene rings is 2. The molecule has 12 heteroatoms. The molecule has 0 bridgehead atoms. The number of carbonyl (C=O) groups is 3. The highest BCUT2D eigenvalue weighted by atomic mass is 35.5. The number of aromatic nitrogens is 1. The van der Waals surface area contributed by atoms with Crippen LogP contribution in [-0.2, 0) is 20.9 Å². The molecule has 0 spiro atoms. The van der Waals surface area contributed by atoms with Gasteiger partial charge in [0.2, 0.25) is 11.8 Å². The number of ether oxygens (including phenoxy) is 2. The van der Waals surface area contributed by atoms with Gasteiger partial charge in [0.05, 0.1) is 30.5 Å². The summed E-state index contributed by atoms with van der Waals surface area (Å²) in [6, 6.07) is 12.6. The smallest absolute Gasteiger partial charge is 0.326 e. The lowest BCUT2D eigenvalue weighted by Crippen LogP contribution is -2.56. The fraction of sp³-hybridized carbons (Fsp3) is 0.375. The molecule has 2 fully saturated rings. The first-order valence-electron chi connectivity index (χ1n) is 14.3. The van der Waals surface area contributed by atoms with Crippen molar-refractivity contribution in [3.8, 4) is 28.0 Å². The molecule has 3 heterocycles. The zero-order valence-corrected chi connectivity index (χ0v) is 25.9. The molecular formula is C32H36ClN5O6. The summed E-state index contributed by atoms with van der Waals surface area (Å²) in [5, 5.41) is 16.9. The molecule has 3 N–H and O–H groups in total. The van der Waals surface area contributed by atoms with Crippen LogP contribution in [0.25, 0.3) is 22.3 Å². The van der Waals surface area contributed by atoms with Crippen molar-refractivity contribution in [3.63, 3.8) is 0 Å². The molecule has 2 saturated heterocycles. The van der Waals surface area contributed by atoms with E-state index >= 15 is 0 Å². The first-order valence-corrected chi connectivity index (χ1v) is 14.7. The third kappa shape index (κ3) is 6.27. The second-order valence-electron chi connectivity index (χ2n) is 11.0. The van der Waals surface area contributed by atoms with Crippen LogP contribution in [0.4, 0.5) is 10.5 Å². The van der Waals surface area contributed by atoms with E-state index in [0.29, 0.717) is 48.3 Å². The first-order chi connectivity index (χ1) is 21.1. The summed E-state index contributed by atoms with van der Waals surface area (Å²) >= 11 is 7.01. The normalized spacial score (nSPS) is 20.5. The van der Waals surface area contributed by atoms with Crippen LogP contribution in [0.15, 0.2) is 48.7 Å². The van der Waals surface area contributed by atoms with Gasteiger partial charge in [0.25, 0.3) is 0 Å². The number of nitrogens with one attached hydrogen (secondary N) is 2. The van der Waals surface area contributed by atoms with Gasteiger partial charge in [-0.2, -0.15) is 0 Å². The van der Waals surface area contributed by atoms with Crippen LogP contribution in [0.2, 0.25) is 5.02 Å². The minimum absolute atomic E-state index is 0.00426. The van der Waals surface area contributed by atoms with Crippen LogP contribution >= 0.6 is 11.6 Å². The number of nitrogens with zero attached hydrogens (tertiary/aromatic N) is 3. The molecule has 1 unspecified atom stereocenters. The molecule has 5 rings (SSSR count). The lowest BCUT2D eigenvalue weighted by atomic mass is 9.95. The van der Waals surface area contributed by atoms with Crippen molar-refractivity contribution in [2.45, 2.75) is 32.0 Å². The predicted molar refractivity (Wildman–Crippen MR) is 166 cm³/mol. The number of halogens is 1. The summed E-state index contributed by atoms with van der Waals surface area (Å²) in [5.41, 5.74) is 5.11. The van der Waals surface area contributed by atoms with Crippen molar-refractivity contribution in [3.05, 3.63) is 64.9 Å². The van der Waals surface area contributed by atoms with E-state index in [1.807, 2.05) is 43.3 Å². The van der Waals surface area contributed by atoms with Gasteiger partial charge in [0.15, 0.2) is 0 Å². The Morgan fingerprint density at radius 1 is 1.16 bits per heavy atom. The Labute approximate surface area is 261 Å². The van der Waals surface area contributed by atoms with E-state index in [0.717, 1.165) is 32.7 Å². The summed E-state index contributed by atoms with van der Waals surface area (Å²) in [4.78, 5) is 44.9. The largest absolute Gasteiger partial charge is 0.495 e. The van der Waals surface area contributed by atoms with Crippen molar-refractivity contribution >= 4 is 35.1 Å². The number of amides is 4. The van der Waals surface area contributed by atoms with Gasteiger partial charge < -0.3 is 30.1 Å². The van der Waals surface area contributed by atoms with Crippen molar-refractivity contribution < 1.29 is 29.0 Å². The number of aliphatic hydroxyl groups is 1. The first kappa shape index (κ1) is 31.4. The molecule has 3 aromatic rings. The third-order valence-electron chi connectivity index (χ3n) is 8.22. The molecule has 0 saturated carbocycles. The van der Waals surface area contributed by atoms with Gasteiger partial charge in [-0.1, -0.05) is 41.9 Å². The van der Waals surface area contributed by atoms with Crippen LogP contribution < -0.4 is 15.4 Å². The quantitative estimate of drug-likeness (QED) is 0.324. The van der Waals surface area contributed by atoms with Crippen molar-refractivity contribution in [1.29, 1.82) is 0 Å². The molecule has 2 aliphatic heterocycles. The number of hydrogen-bond donors (Lipinski definition) is 3. The Hall–Kier alpha value is -4.03. The van der Waals surface area contributed by atoms with E-state index in [9.17, 15) is 19.5 Å². The van der Waals surface area contributed by atoms with Gasteiger partial charge in [0.1, 0.15) is 11.7 Å². The fourth-order valence-corrected chi connectivity index (χ4v) is 5.91. The van der Waals surface area contributed by atoms with Crippen LogP contribution in [0, 0.1) is 12.8 Å². The molecular weight excluding hydrogens is 586 g/mol. The van der Waals surface area contributed by atoms with E-state index < -0.39 is 29.9 Å².